The Hall–Kier alpha value is -3.87. The second kappa shape index (κ2) is 9.56. The van der Waals surface area contributed by atoms with Crippen LogP contribution in [0.3, 0.4) is 0 Å². The van der Waals surface area contributed by atoms with Gasteiger partial charge in [-0.05, 0) is 55.8 Å². The summed E-state index contributed by atoms with van der Waals surface area (Å²) in [6.07, 6.45) is 1.63. The van der Waals surface area contributed by atoms with Gasteiger partial charge in [-0.25, -0.2) is 0 Å². The van der Waals surface area contributed by atoms with Crippen LogP contribution in [0.15, 0.2) is 71.7 Å². The largest absolute Gasteiger partial charge is 0.492 e. The lowest BCUT2D eigenvalue weighted by Crippen LogP contribution is -2.26. The molecule has 0 aliphatic rings. The number of nitrogens with zero attached hydrogens (tertiary/aromatic N) is 1. The Morgan fingerprint density at radius 3 is 2.43 bits per heavy atom. The average Bonchev–Trinajstić information content (AvgIpc) is 2.73. The minimum absolute atomic E-state index is 0.0863. The molecule has 1 heterocycles. The van der Waals surface area contributed by atoms with E-state index < -0.39 is 0 Å². The number of benzene rings is 2. The lowest BCUT2D eigenvalue weighted by molar-refractivity contribution is -0.116. The highest BCUT2D eigenvalue weighted by Gasteiger charge is 2.11. The number of rotatable bonds is 7. The standard InChI is InChI=1S/C23H23N3O4/c1-3-30-20-7-5-4-6-19(20)25-23(29)17-9-11-18(12-10-17)24-21(27)15-26-14-16(2)8-13-22(26)28/h4-14H,3,15H2,1-2H3,(H,24,27)(H,25,29). The Labute approximate surface area is 174 Å². The predicted octanol–water partition coefficient (Wildman–Crippen LogP) is 3.45. The fraction of sp³-hybridized carbons (Fsp3) is 0.174. The molecule has 2 amide bonds. The molecule has 0 unspecified atom stereocenters. The van der Waals surface area contributed by atoms with Gasteiger partial charge in [-0.3, -0.25) is 14.4 Å². The van der Waals surface area contributed by atoms with E-state index in [-0.39, 0.29) is 23.9 Å². The number of amides is 2. The molecule has 0 spiro atoms. The fourth-order valence-electron chi connectivity index (χ4n) is 2.88. The van der Waals surface area contributed by atoms with Crippen LogP contribution < -0.4 is 20.9 Å². The van der Waals surface area contributed by atoms with Crippen LogP contribution in [0.25, 0.3) is 0 Å². The maximum absolute atomic E-state index is 12.5. The van der Waals surface area contributed by atoms with Crippen molar-refractivity contribution in [3.05, 3.63) is 88.3 Å². The van der Waals surface area contributed by atoms with Gasteiger partial charge in [0.2, 0.25) is 5.91 Å². The smallest absolute Gasteiger partial charge is 0.255 e. The van der Waals surface area contributed by atoms with Gasteiger partial charge in [0, 0.05) is 23.5 Å². The maximum Gasteiger partial charge on any atom is 0.255 e. The zero-order valence-corrected chi connectivity index (χ0v) is 16.8. The van der Waals surface area contributed by atoms with E-state index in [1.54, 1.807) is 48.7 Å². The van der Waals surface area contributed by atoms with Crippen molar-refractivity contribution in [3.63, 3.8) is 0 Å². The van der Waals surface area contributed by atoms with Gasteiger partial charge in [0.1, 0.15) is 12.3 Å². The second-order valence-corrected chi connectivity index (χ2v) is 6.68. The molecule has 30 heavy (non-hydrogen) atoms. The number of carbonyl (C=O) groups is 2. The highest BCUT2D eigenvalue weighted by Crippen LogP contribution is 2.24. The normalized spacial score (nSPS) is 10.3. The number of hydrogen-bond donors (Lipinski definition) is 2. The topological polar surface area (TPSA) is 89.4 Å². The van der Waals surface area contributed by atoms with Gasteiger partial charge in [-0.2, -0.15) is 0 Å². The molecule has 1 aromatic heterocycles. The molecule has 3 aromatic rings. The van der Waals surface area contributed by atoms with Gasteiger partial charge < -0.3 is 19.9 Å². The van der Waals surface area contributed by atoms with Crippen LogP contribution in [0.1, 0.15) is 22.8 Å². The second-order valence-electron chi connectivity index (χ2n) is 6.68. The monoisotopic (exact) mass is 405 g/mol. The van der Waals surface area contributed by atoms with Crippen molar-refractivity contribution in [2.24, 2.45) is 0 Å². The summed E-state index contributed by atoms with van der Waals surface area (Å²) in [6.45, 7) is 4.14. The first-order valence-electron chi connectivity index (χ1n) is 9.56. The molecule has 2 aromatic carbocycles. The van der Waals surface area contributed by atoms with Crippen molar-refractivity contribution in [1.29, 1.82) is 0 Å². The summed E-state index contributed by atoms with van der Waals surface area (Å²) in [6, 6.07) is 16.9. The van der Waals surface area contributed by atoms with Crippen LogP contribution >= 0.6 is 0 Å². The van der Waals surface area contributed by atoms with E-state index in [0.717, 1.165) is 5.56 Å². The zero-order valence-electron chi connectivity index (χ0n) is 16.8. The van der Waals surface area contributed by atoms with Gasteiger partial charge in [-0.1, -0.05) is 18.2 Å². The third-order valence-corrected chi connectivity index (χ3v) is 4.31. The maximum atomic E-state index is 12.5. The number of aryl methyl sites for hydroxylation is 1. The van der Waals surface area contributed by atoms with Crippen LogP contribution in [0.2, 0.25) is 0 Å². The molecule has 7 nitrogen and oxygen atoms in total. The summed E-state index contributed by atoms with van der Waals surface area (Å²) in [4.78, 5) is 36.6. The number of pyridine rings is 1. The lowest BCUT2D eigenvalue weighted by Gasteiger charge is -2.12. The van der Waals surface area contributed by atoms with E-state index in [9.17, 15) is 14.4 Å². The molecule has 154 valence electrons. The Bertz CT molecular complexity index is 1100. The van der Waals surface area contributed by atoms with Gasteiger partial charge in [0.15, 0.2) is 0 Å². The molecule has 0 aliphatic carbocycles. The van der Waals surface area contributed by atoms with Gasteiger partial charge >= 0.3 is 0 Å². The minimum Gasteiger partial charge on any atom is -0.492 e. The van der Waals surface area contributed by atoms with Crippen molar-refractivity contribution < 1.29 is 14.3 Å². The highest BCUT2D eigenvalue weighted by molar-refractivity contribution is 6.05. The molecule has 0 aliphatic heterocycles. The number of para-hydroxylation sites is 2. The lowest BCUT2D eigenvalue weighted by atomic mass is 10.2. The van der Waals surface area contributed by atoms with Crippen molar-refractivity contribution in [3.8, 4) is 5.75 Å². The molecule has 0 bridgehead atoms. The SMILES string of the molecule is CCOc1ccccc1NC(=O)c1ccc(NC(=O)Cn2cc(C)ccc2=O)cc1. The molecule has 0 radical (unpaired) electrons. The van der Waals surface area contributed by atoms with Crippen LogP contribution in [-0.2, 0) is 11.3 Å². The first-order valence-corrected chi connectivity index (χ1v) is 9.56. The summed E-state index contributed by atoms with van der Waals surface area (Å²) in [7, 11) is 0. The van der Waals surface area contributed by atoms with Crippen molar-refractivity contribution in [2.45, 2.75) is 20.4 Å². The molecule has 0 atom stereocenters. The molecule has 7 heteroatoms. The number of carbonyl (C=O) groups excluding carboxylic acids is 2. The van der Waals surface area contributed by atoms with Gasteiger partial charge in [0.05, 0.1) is 12.3 Å². The molecule has 3 rings (SSSR count). The zero-order chi connectivity index (χ0) is 21.5. The fourth-order valence-corrected chi connectivity index (χ4v) is 2.88. The summed E-state index contributed by atoms with van der Waals surface area (Å²) in [5, 5.41) is 5.56. The van der Waals surface area contributed by atoms with Crippen molar-refractivity contribution in [2.75, 3.05) is 17.2 Å². The highest BCUT2D eigenvalue weighted by atomic mass is 16.5. The third-order valence-electron chi connectivity index (χ3n) is 4.31. The van der Waals surface area contributed by atoms with Crippen LogP contribution in [0, 0.1) is 6.92 Å². The summed E-state index contributed by atoms with van der Waals surface area (Å²) in [5.41, 5.74) is 2.21. The third kappa shape index (κ3) is 5.35. The number of aromatic nitrogens is 1. The molecule has 0 saturated carbocycles. The van der Waals surface area contributed by atoms with E-state index in [0.29, 0.717) is 29.3 Å². The van der Waals surface area contributed by atoms with Crippen LogP contribution in [0.4, 0.5) is 11.4 Å². The molecule has 0 fully saturated rings. The van der Waals surface area contributed by atoms with Gasteiger partial charge in [-0.15, -0.1) is 0 Å². The molecule has 0 saturated heterocycles. The van der Waals surface area contributed by atoms with E-state index in [4.69, 9.17) is 4.74 Å². The van der Waals surface area contributed by atoms with Crippen LogP contribution in [-0.4, -0.2) is 23.0 Å². The average molecular weight is 405 g/mol. The number of hydrogen-bond acceptors (Lipinski definition) is 4. The molecular formula is C23H23N3O4. The summed E-state index contributed by atoms with van der Waals surface area (Å²) < 4.78 is 6.86. The van der Waals surface area contributed by atoms with E-state index >= 15 is 0 Å². The van der Waals surface area contributed by atoms with Crippen molar-refractivity contribution in [1.82, 2.24) is 4.57 Å². The van der Waals surface area contributed by atoms with E-state index in [1.165, 1.54) is 10.6 Å². The van der Waals surface area contributed by atoms with Crippen LogP contribution in [0.5, 0.6) is 5.75 Å². The molecule has 2 N–H and O–H groups in total. The summed E-state index contributed by atoms with van der Waals surface area (Å²) in [5.74, 6) is -0.0134. The minimum atomic E-state index is -0.328. The predicted molar refractivity (Wildman–Crippen MR) is 116 cm³/mol. The first kappa shape index (κ1) is 20.9. The quantitative estimate of drug-likeness (QED) is 0.630. The number of nitrogens with one attached hydrogen (secondary N) is 2. The number of anilines is 2. The Morgan fingerprint density at radius 1 is 0.967 bits per heavy atom. The number of ether oxygens (including phenoxy) is 1. The Morgan fingerprint density at radius 2 is 1.70 bits per heavy atom. The van der Waals surface area contributed by atoms with E-state index in [2.05, 4.69) is 10.6 Å². The van der Waals surface area contributed by atoms with E-state index in [1.807, 2.05) is 26.0 Å². The first-order chi connectivity index (χ1) is 14.5. The van der Waals surface area contributed by atoms with Gasteiger partial charge in [0.25, 0.3) is 11.5 Å². The Kier molecular flexibility index (Phi) is 6.64. The molecular weight excluding hydrogens is 382 g/mol. The van der Waals surface area contributed by atoms with Crippen molar-refractivity contribution >= 4 is 23.2 Å². The summed E-state index contributed by atoms with van der Waals surface area (Å²) >= 11 is 0. The Balaban J connectivity index is 1.63.